The summed E-state index contributed by atoms with van der Waals surface area (Å²) in [5.74, 6) is 0. The number of furan rings is 1. The molecule has 0 atom stereocenters. The zero-order valence-electron chi connectivity index (χ0n) is 16.4. The van der Waals surface area contributed by atoms with Gasteiger partial charge in [-0.1, -0.05) is 42.5 Å². The van der Waals surface area contributed by atoms with Gasteiger partial charge in [-0.2, -0.15) is 5.26 Å². The molecule has 0 unspecified atom stereocenters. The number of rotatable bonds is 3. The fourth-order valence-electron chi connectivity index (χ4n) is 4.17. The van der Waals surface area contributed by atoms with E-state index in [4.69, 9.17) is 4.42 Å². The highest BCUT2D eigenvalue weighted by atomic mass is 16.3. The molecule has 3 aromatic carbocycles. The van der Waals surface area contributed by atoms with E-state index in [2.05, 4.69) is 33.5 Å². The number of hydrogen-bond acceptors (Lipinski definition) is 4. The molecule has 5 heteroatoms. The van der Waals surface area contributed by atoms with Gasteiger partial charge >= 0.3 is 0 Å². The lowest BCUT2D eigenvalue weighted by Gasteiger charge is -2.14. The second-order valence-corrected chi connectivity index (χ2v) is 7.37. The molecule has 0 saturated carbocycles. The smallest absolute Gasteiger partial charge is 0.143 e. The maximum atomic E-state index is 9.81. The molecule has 0 aliphatic heterocycles. The zero-order chi connectivity index (χ0) is 20.8. The third kappa shape index (κ3) is 2.66. The summed E-state index contributed by atoms with van der Waals surface area (Å²) >= 11 is 0. The lowest BCUT2D eigenvalue weighted by atomic mass is 10.00. The molecular weight excluding hydrogens is 384 g/mol. The number of benzene rings is 3. The van der Waals surface area contributed by atoms with Gasteiger partial charge in [0.15, 0.2) is 0 Å². The molecule has 0 aliphatic carbocycles. The van der Waals surface area contributed by atoms with Gasteiger partial charge in [0.25, 0.3) is 0 Å². The Balaban J connectivity index is 1.61. The maximum absolute atomic E-state index is 9.81. The van der Waals surface area contributed by atoms with Crippen molar-refractivity contribution in [1.82, 2.24) is 9.97 Å². The summed E-state index contributed by atoms with van der Waals surface area (Å²) in [6.07, 6.45) is 5.27. The van der Waals surface area contributed by atoms with E-state index < -0.39 is 0 Å². The Labute approximate surface area is 177 Å². The molecular formula is C26H16N4O. The molecule has 146 valence electrons. The van der Waals surface area contributed by atoms with Gasteiger partial charge < -0.3 is 14.7 Å². The number of H-pyrrole nitrogens is 1. The summed E-state index contributed by atoms with van der Waals surface area (Å²) in [5, 5.41) is 16.5. The van der Waals surface area contributed by atoms with Crippen LogP contribution in [0.1, 0.15) is 5.56 Å². The van der Waals surface area contributed by atoms with Crippen molar-refractivity contribution in [3.63, 3.8) is 0 Å². The van der Waals surface area contributed by atoms with Gasteiger partial charge in [0.05, 0.1) is 11.3 Å². The molecule has 0 radical (unpaired) electrons. The minimum absolute atomic E-state index is 0.471. The molecule has 0 saturated heterocycles. The highest BCUT2D eigenvalue weighted by Crippen LogP contribution is 2.40. The van der Waals surface area contributed by atoms with E-state index in [1.807, 2.05) is 60.8 Å². The average Bonchev–Trinajstić information content (AvgIpc) is 3.44. The molecule has 0 fully saturated rings. The number of aromatic nitrogens is 2. The number of nitrogens with one attached hydrogen (secondary N) is 2. The highest BCUT2D eigenvalue weighted by molar-refractivity contribution is 6.10. The van der Waals surface area contributed by atoms with E-state index in [0.717, 1.165) is 49.7 Å². The fourth-order valence-corrected chi connectivity index (χ4v) is 4.17. The first-order valence-corrected chi connectivity index (χ1v) is 9.95. The minimum atomic E-state index is 0.471. The van der Waals surface area contributed by atoms with Crippen LogP contribution < -0.4 is 5.32 Å². The summed E-state index contributed by atoms with van der Waals surface area (Å²) in [7, 11) is 0. The van der Waals surface area contributed by atoms with E-state index in [-0.39, 0.29) is 0 Å². The van der Waals surface area contributed by atoms with Crippen molar-refractivity contribution < 1.29 is 4.42 Å². The maximum Gasteiger partial charge on any atom is 0.143 e. The van der Waals surface area contributed by atoms with E-state index in [0.29, 0.717) is 11.3 Å². The fraction of sp³-hybridized carbons (Fsp3) is 0. The molecule has 3 aromatic heterocycles. The summed E-state index contributed by atoms with van der Waals surface area (Å²) in [6.45, 7) is 0. The van der Waals surface area contributed by atoms with Crippen molar-refractivity contribution in [2.75, 3.05) is 5.32 Å². The number of anilines is 2. The number of pyridine rings is 1. The van der Waals surface area contributed by atoms with Crippen molar-refractivity contribution in [2.24, 2.45) is 0 Å². The molecule has 0 amide bonds. The summed E-state index contributed by atoms with van der Waals surface area (Å²) in [4.78, 5) is 7.56. The lowest BCUT2D eigenvalue weighted by Crippen LogP contribution is -1.98. The van der Waals surface area contributed by atoms with Crippen LogP contribution in [0.5, 0.6) is 0 Å². The van der Waals surface area contributed by atoms with Gasteiger partial charge in [-0.15, -0.1) is 0 Å². The second kappa shape index (κ2) is 6.75. The van der Waals surface area contributed by atoms with Crippen molar-refractivity contribution in [2.45, 2.75) is 0 Å². The van der Waals surface area contributed by atoms with Crippen LogP contribution in [0.4, 0.5) is 11.4 Å². The van der Waals surface area contributed by atoms with Crippen molar-refractivity contribution in [3.8, 4) is 17.2 Å². The molecule has 5 nitrogen and oxygen atoms in total. The first-order chi connectivity index (χ1) is 15.3. The molecule has 2 N–H and O–H groups in total. The zero-order valence-corrected chi connectivity index (χ0v) is 16.4. The molecule has 0 bridgehead atoms. The number of aromatic amines is 1. The van der Waals surface area contributed by atoms with Gasteiger partial charge in [0.2, 0.25) is 0 Å². The SMILES string of the molecule is N#Cc1cncc(-c2cccc3c2oc2ccccc23)c1Nc1cccc2[nH]ccc12. The van der Waals surface area contributed by atoms with E-state index in [9.17, 15) is 5.26 Å². The Hall–Kier alpha value is -4.56. The third-order valence-electron chi connectivity index (χ3n) is 5.62. The number of fused-ring (bicyclic) bond motifs is 4. The molecule has 3 heterocycles. The summed E-state index contributed by atoms with van der Waals surface area (Å²) in [5.41, 5.74) is 6.44. The number of hydrogen-bond donors (Lipinski definition) is 2. The highest BCUT2D eigenvalue weighted by Gasteiger charge is 2.18. The summed E-state index contributed by atoms with van der Waals surface area (Å²) < 4.78 is 6.23. The van der Waals surface area contributed by atoms with Gasteiger partial charge in [-0.3, -0.25) is 4.98 Å². The largest absolute Gasteiger partial charge is 0.455 e. The van der Waals surface area contributed by atoms with Crippen LogP contribution in [0.3, 0.4) is 0 Å². The first kappa shape index (κ1) is 17.3. The quantitative estimate of drug-likeness (QED) is 0.345. The van der Waals surface area contributed by atoms with Crippen LogP contribution in [0.25, 0.3) is 44.0 Å². The van der Waals surface area contributed by atoms with Crippen LogP contribution in [0.2, 0.25) is 0 Å². The normalized spacial score (nSPS) is 11.2. The molecule has 6 aromatic rings. The van der Waals surface area contributed by atoms with Crippen LogP contribution in [0.15, 0.2) is 89.7 Å². The average molecular weight is 400 g/mol. The van der Waals surface area contributed by atoms with Gasteiger partial charge in [0, 0.05) is 57.1 Å². The van der Waals surface area contributed by atoms with Crippen LogP contribution >= 0.6 is 0 Å². The number of nitrogens with zero attached hydrogens (tertiary/aromatic N) is 2. The van der Waals surface area contributed by atoms with Crippen molar-refractivity contribution >= 4 is 44.2 Å². The number of para-hydroxylation sites is 2. The van der Waals surface area contributed by atoms with Crippen LogP contribution in [0, 0.1) is 11.3 Å². The van der Waals surface area contributed by atoms with Gasteiger partial charge in [0.1, 0.15) is 17.2 Å². The van der Waals surface area contributed by atoms with E-state index >= 15 is 0 Å². The molecule has 0 aliphatic rings. The minimum Gasteiger partial charge on any atom is -0.455 e. The monoisotopic (exact) mass is 400 g/mol. The Morgan fingerprint density at radius 2 is 1.71 bits per heavy atom. The van der Waals surface area contributed by atoms with E-state index in [1.165, 1.54) is 0 Å². The Bertz CT molecular complexity index is 1630. The van der Waals surface area contributed by atoms with Gasteiger partial charge in [-0.25, -0.2) is 0 Å². The lowest BCUT2D eigenvalue weighted by molar-refractivity contribution is 0.670. The molecule has 6 rings (SSSR count). The standard InChI is InChI=1S/C26H16N4O/c27-13-16-14-28-15-21(25(16)30-23-9-4-8-22-20(23)11-12-29-22)19-7-3-6-18-17-5-1-2-10-24(17)31-26(18)19/h1-12,14-15,29H,(H,28,30). The predicted molar refractivity (Wildman–Crippen MR) is 123 cm³/mol. The molecule has 31 heavy (non-hydrogen) atoms. The first-order valence-electron chi connectivity index (χ1n) is 9.95. The van der Waals surface area contributed by atoms with E-state index in [1.54, 1.807) is 12.4 Å². The number of nitriles is 1. The predicted octanol–water partition coefficient (Wildman–Crippen LogP) is 6.74. The summed E-state index contributed by atoms with van der Waals surface area (Å²) in [6, 6.07) is 24.4. The topological polar surface area (TPSA) is 77.6 Å². The van der Waals surface area contributed by atoms with Crippen molar-refractivity contribution in [3.05, 3.63) is 90.9 Å². The van der Waals surface area contributed by atoms with Crippen molar-refractivity contribution in [1.29, 1.82) is 5.26 Å². The second-order valence-electron chi connectivity index (χ2n) is 7.37. The van der Waals surface area contributed by atoms with Gasteiger partial charge in [-0.05, 0) is 24.3 Å². The van der Waals surface area contributed by atoms with Crippen LogP contribution in [-0.4, -0.2) is 9.97 Å². The third-order valence-corrected chi connectivity index (χ3v) is 5.62. The van der Waals surface area contributed by atoms with Crippen LogP contribution in [-0.2, 0) is 0 Å². The molecule has 0 spiro atoms. The Morgan fingerprint density at radius 1 is 0.839 bits per heavy atom. The Kier molecular flexibility index (Phi) is 3.77. The Morgan fingerprint density at radius 3 is 2.65 bits per heavy atom.